The molecule has 0 aliphatic carbocycles. The lowest BCUT2D eigenvalue weighted by molar-refractivity contribution is 0.0958. The van der Waals surface area contributed by atoms with Crippen LogP contribution in [0.2, 0.25) is 0 Å². The van der Waals surface area contributed by atoms with Crippen molar-refractivity contribution in [1.29, 1.82) is 5.26 Å². The molecule has 2 rings (SSSR count). The predicted molar refractivity (Wildman–Crippen MR) is 105 cm³/mol. The predicted octanol–water partition coefficient (Wildman–Crippen LogP) is 3.44. The number of amides is 1. The minimum Gasteiger partial charge on any atom is -0.492 e. The van der Waals surface area contributed by atoms with Crippen molar-refractivity contribution >= 4 is 44.4 Å². The standard InChI is InChI=1S/C17H17BrN4O3S/c1-4-25-13-6-10(5-12(18)14(13)24-3)8-21-22-17(23)15-9(2)11(7-19)16(20)26-15/h5-6,8H,4,20H2,1-3H3,(H,22,23)/b21-8+. The van der Waals surface area contributed by atoms with Crippen LogP contribution in [0, 0.1) is 18.3 Å². The molecule has 0 aliphatic heterocycles. The quantitative estimate of drug-likeness (QED) is 0.532. The molecule has 0 fully saturated rings. The van der Waals surface area contributed by atoms with E-state index in [-0.39, 0.29) is 0 Å². The van der Waals surface area contributed by atoms with E-state index in [9.17, 15) is 4.79 Å². The molecule has 1 amide bonds. The van der Waals surface area contributed by atoms with Crippen molar-refractivity contribution in [3.05, 3.63) is 38.2 Å². The third-order valence-electron chi connectivity index (χ3n) is 3.41. The number of thiophene rings is 1. The first-order valence-corrected chi connectivity index (χ1v) is 9.16. The zero-order valence-electron chi connectivity index (χ0n) is 14.4. The van der Waals surface area contributed by atoms with Crippen LogP contribution in [0.25, 0.3) is 0 Å². The minimum absolute atomic E-state index is 0.319. The monoisotopic (exact) mass is 436 g/mol. The van der Waals surface area contributed by atoms with Crippen LogP contribution in [0.1, 0.15) is 33.3 Å². The van der Waals surface area contributed by atoms with Crippen molar-refractivity contribution in [3.8, 4) is 17.6 Å². The number of hydrogen-bond acceptors (Lipinski definition) is 7. The number of benzene rings is 1. The first kappa shape index (κ1) is 19.8. The number of nitrogens with two attached hydrogens (primary N) is 1. The van der Waals surface area contributed by atoms with E-state index in [1.54, 1.807) is 26.2 Å². The molecular formula is C17H17BrN4O3S. The summed E-state index contributed by atoms with van der Waals surface area (Å²) in [6.07, 6.45) is 1.49. The number of carbonyl (C=O) groups is 1. The van der Waals surface area contributed by atoms with Crippen molar-refractivity contribution in [3.63, 3.8) is 0 Å². The second kappa shape index (κ2) is 8.69. The zero-order valence-corrected chi connectivity index (χ0v) is 16.8. The molecule has 0 bridgehead atoms. The Bertz CT molecular complexity index is 902. The van der Waals surface area contributed by atoms with Crippen LogP contribution in [0.4, 0.5) is 5.00 Å². The summed E-state index contributed by atoms with van der Waals surface area (Å²) in [5.41, 5.74) is 9.77. The topological polar surface area (TPSA) is 110 Å². The third-order valence-corrected chi connectivity index (χ3v) is 5.12. The van der Waals surface area contributed by atoms with Crippen LogP contribution in [0.5, 0.6) is 11.5 Å². The first-order chi connectivity index (χ1) is 12.4. The van der Waals surface area contributed by atoms with Gasteiger partial charge in [0.2, 0.25) is 0 Å². The summed E-state index contributed by atoms with van der Waals surface area (Å²) in [6, 6.07) is 5.54. The Morgan fingerprint density at radius 2 is 2.27 bits per heavy atom. The van der Waals surface area contributed by atoms with Gasteiger partial charge in [-0.1, -0.05) is 0 Å². The van der Waals surface area contributed by atoms with Crippen LogP contribution in [-0.4, -0.2) is 25.8 Å². The van der Waals surface area contributed by atoms with Gasteiger partial charge in [-0.25, -0.2) is 5.43 Å². The highest BCUT2D eigenvalue weighted by atomic mass is 79.9. The summed E-state index contributed by atoms with van der Waals surface area (Å²) in [4.78, 5) is 12.6. The van der Waals surface area contributed by atoms with Crippen molar-refractivity contribution < 1.29 is 14.3 Å². The van der Waals surface area contributed by atoms with Gasteiger partial charge in [0.05, 0.1) is 30.0 Å². The maximum Gasteiger partial charge on any atom is 0.281 e. The average molecular weight is 437 g/mol. The smallest absolute Gasteiger partial charge is 0.281 e. The van der Waals surface area contributed by atoms with Gasteiger partial charge in [-0.15, -0.1) is 11.3 Å². The Balaban J connectivity index is 2.18. The van der Waals surface area contributed by atoms with Crippen molar-refractivity contribution in [1.82, 2.24) is 5.43 Å². The number of hydrazone groups is 1. The summed E-state index contributed by atoms with van der Waals surface area (Å²) >= 11 is 4.48. The fourth-order valence-corrected chi connectivity index (χ4v) is 3.77. The van der Waals surface area contributed by atoms with Crippen LogP contribution < -0.4 is 20.6 Å². The first-order valence-electron chi connectivity index (χ1n) is 7.55. The molecule has 0 spiro atoms. The van der Waals surface area contributed by atoms with Gasteiger partial charge in [0.1, 0.15) is 15.9 Å². The van der Waals surface area contributed by atoms with E-state index < -0.39 is 5.91 Å². The lowest BCUT2D eigenvalue weighted by Gasteiger charge is -2.11. The number of methoxy groups -OCH3 is 1. The Hall–Kier alpha value is -2.57. The Morgan fingerprint density at radius 3 is 2.85 bits per heavy atom. The van der Waals surface area contributed by atoms with Crippen molar-refractivity contribution in [2.45, 2.75) is 13.8 Å². The second-order valence-corrected chi connectivity index (χ2v) is 6.98. The van der Waals surface area contributed by atoms with Crippen molar-refractivity contribution in [2.24, 2.45) is 5.10 Å². The third kappa shape index (κ3) is 4.15. The number of nitrogen functional groups attached to an aromatic ring is 1. The Labute approximate surface area is 163 Å². The van der Waals surface area contributed by atoms with Crippen LogP contribution >= 0.6 is 27.3 Å². The molecule has 1 heterocycles. The number of carbonyl (C=O) groups excluding carboxylic acids is 1. The van der Waals surface area contributed by atoms with Gasteiger partial charge in [0.15, 0.2) is 11.5 Å². The highest BCUT2D eigenvalue weighted by molar-refractivity contribution is 9.10. The molecule has 0 unspecified atom stereocenters. The minimum atomic E-state index is -0.422. The highest BCUT2D eigenvalue weighted by Gasteiger charge is 2.18. The number of anilines is 1. The number of nitriles is 1. The number of halogens is 1. The van der Waals surface area contributed by atoms with E-state index in [4.69, 9.17) is 20.5 Å². The molecule has 7 nitrogen and oxygen atoms in total. The van der Waals surface area contributed by atoms with Gasteiger partial charge >= 0.3 is 0 Å². The summed E-state index contributed by atoms with van der Waals surface area (Å²) in [7, 11) is 1.56. The summed E-state index contributed by atoms with van der Waals surface area (Å²) < 4.78 is 11.5. The molecule has 0 atom stereocenters. The van der Waals surface area contributed by atoms with E-state index in [0.29, 0.717) is 49.1 Å². The highest BCUT2D eigenvalue weighted by Crippen LogP contribution is 2.36. The zero-order chi connectivity index (χ0) is 19.3. The molecule has 0 saturated carbocycles. The van der Waals surface area contributed by atoms with Gasteiger partial charge in [-0.05, 0) is 53.0 Å². The summed E-state index contributed by atoms with van der Waals surface area (Å²) in [6.45, 7) is 4.04. The second-order valence-electron chi connectivity index (χ2n) is 5.07. The molecule has 2 aromatic rings. The number of rotatable bonds is 6. The largest absolute Gasteiger partial charge is 0.492 e. The fourth-order valence-electron chi connectivity index (χ4n) is 2.23. The fraction of sp³-hybridized carbons (Fsp3) is 0.235. The van der Waals surface area contributed by atoms with Crippen LogP contribution in [-0.2, 0) is 0 Å². The van der Waals surface area contributed by atoms with Gasteiger partial charge < -0.3 is 15.2 Å². The lowest BCUT2D eigenvalue weighted by atomic mass is 10.2. The normalized spacial score (nSPS) is 10.6. The summed E-state index contributed by atoms with van der Waals surface area (Å²) in [5.74, 6) is 0.731. The number of hydrogen-bond donors (Lipinski definition) is 2. The summed E-state index contributed by atoms with van der Waals surface area (Å²) in [5, 5.41) is 13.3. The number of ether oxygens (including phenoxy) is 2. The molecule has 9 heteroatoms. The average Bonchev–Trinajstić information content (AvgIpc) is 2.89. The molecule has 1 aromatic carbocycles. The van der Waals surface area contributed by atoms with Crippen LogP contribution in [0.15, 0.2) is 21.7 Å². The molecule has 136 valence electrons. The SMILES string of the molecule is CCOc1cc(/C=N/NC(=O)c2sc(N)c(C#N)c2C)cc(Br)c1OC. The van der Waals surface area contributed by atoms with Gasteiger partial charge in [0, 0.05) is 0 Å². The molecule has 0 radical (unpaired) electrons. The molecule has 26 heavy (non-hydrogen) atoms. The van der Waals surface area contributed by atoms with Crippen LogP contribution in [0.3, 0.4) is 0 Å². The molecule has 0 saturated heterocycles. The van der Waals surface area contributed by atoms with E-state index in [1.165, 1.54) is 6.21 Å². The van der Waals surface area contributed by atoms with Crippen molar-refractivity contribution in [2.75, 3.05) is 19.5 Å². The lowest BCUT2D eigenvalue weighted by Crippen LogP contribution is -2.17. The maximum atomic E-state index is 12.2. The van der Waals surface area contributed by atoms with Gasteiger partial charge in [0.25, 0.3) is 5.91 Å². The maximum absolute atomic E-state index is 12.2. The molecule has 1 aromatic heterocycles. The van der Waals surface area contributed by atoms with E-state index in [0.717, 1.165) is 11.3 Å². The van der Waals surface area contributed by atoms with E-state index >= 15 is 0 Å². The van der Waals surface area contributed by atoms with Gasteiger partial charge in [-0.2, -0.15) is 10.4 Å². The molecule has 3 N–H and O–H groups in total. The Kier molecular flexibility index (Phi) is 6.60. The van der Waals surface area contributed by atoms with E-state index in [1.807, 2.05) is 13.0 Å². The van der Waals surface area contributed by atoms with Gasteiger partial charge in [-0.3, -0.25) is 4.79 Å². The molecular weight excluding hydrogens is 420 g/mol. The van der Waals surface area contributed by atoms with E-state index in [2.05, 4.69) is 26.5 Å². The Morgan fingerprint density at radius 1 is 1.54 bits per heavy atom. The number of nitrogens with zero attached hydrogens (tertiary/aromatic N) is 2. The molecule has 0 aliphatic rings. The number of nitrogens with one attached hydrogen (secondary N) is 1.